The maximum absolute atomic E-state index is 12.6. The summed E-state index contributed by atoms with van der Waals surface area (Å²) in [5.74, 6) is 0.902. The van der Waals surface area contributed by atoms with Gasteiger partial charge in [-0.25, -0.2) is 4.98 Å². The third kappa shape index (κ3) is 3.40. The van der Waals surface area contributed by atoms with E-state index in [1.54, 1.807) is 18.3 Å². The predicted octanol–water partition coefficient (Wildman–Crippen LogP) is 4.14. The molecule has 0 fully saturated rings. The lowest BCUT2D eigenvalue weighted by atomic mass is 10.0. The summed E-state index contributed by atoms with van der Waals surface area (Å²) in [6, 6.07) is 13.5. The van der Waals surface area contributed by atoms with Crippen molar-refractivity contribution in [3.8, 4) is 0 Å². The Morgan fingerprint density at radius 1 is 1.04 bits per heavy atom. The normalized spacial score (nSPS) is 12.7. The zero-order valence-electron chi connectivity index (χ0n) is 15.1. The van der Waals surface area contributed by atoms with Crippen LogP contribution in [0, 0.1) is 5.92 Å². The number of para-hydroxylation sites is 2. The van der Waals surface area contributed by atoms with Crippen molar-refractivity contribution in [3.05, 3.63) is 60.2 Å². The fourth-order valence-corrected chi connectivity index (χ4v) is 3.07. The summed E-state index contributed by atoms with van der Waals surface area (Å²) in [6.07, 6.45) is 1.63. The molecule has 2 aromatic heterocycles. The third-order valence-corrected chi connectivity index (χ3v) is 4.27. The molecule has 1 atom stereocenters. The van der Waals surface area contributed by atoms with Crippen LogP contribution in [0.2, 0.25) is 0 Å². The highest BCUT2D eigenvalue weighted by Gasteiger charge is 2.26. The summed E-state index contributed by atoms with van der Waals surface area (Å²) in [5.41, 5.74) is 2.45. The van der Waals surface area contributed by atoms with Crippen LogP contribution in [0.4, 0.5) is 0 Å². The summed E-state index contributed by atoms with van der Waals surface area (Å²) in [5, 5.41) is 3.12. The Kier molecular flexibility index (Phi) is 4.83. The number of fused-ring (bicyclic) bond motifs is 1. The summed E-state index contributed by atoms with van der Waals surface area (Å²) < 4.78 is 2.21. The molecule has 5 nitrogen and oxygen atoms in total. The molecular formula is C20H24N4O. The molecule has 0 spiro atoms. The first-order chi connectivity index (χ1) is 12.0. The van der Waals surface area contributed by atoms with Crippen LogP contribution in [-0.4, -0.2) is 20.4 Å². The van der Waals surface area contributed by atoms with E-state index in [1.165, 1.54) is 0 Å². The lowest BCUT2D eigenvalue weighted by Crippen LogP contribution is -2.34. The Balaban J connectivity index is 2.03. The highest BCUT2D eigenvalue weighted by Crippen LogP contribution is 2.28. The number of imidazole rings is 1. The molecule has 1 N–H and O–H groups in total. The molecule has 0 saturated heterocycles. The molecule has 130 valence electrons. The SMILES string of the molecule is CC(C)[C@H](NC(=O)c1ccccn1)c1nc2ccccc2n1C(C)C. The van der Waals surface area contributed by atoms with Crippen LogP contribution >= 0.6 is 0 Å². The average Bonchev–Trinajstić information content (AvgIpc) is 2.99. The van der Waals surface area contributed by atoms with E-state index < -0.39 is 0 Å². The molecule has 25 heavy (non-hydrogen) atoms. The molecule has 3 rings (SSSR count). The zero-order valence-corrected chi connectivity index (χ0v) is 15.1. The van der Waals surface area contributed by atoms with Crippen molar-refractivity contribution < 1.29 is 4.79 Å². The van der Waals surface area contributed by atoms with Crippen molar-refractivity contribution in [2.45, 2.75) is 39.8 Å². The molecule has 0 bridgehead atoms. The average molecular weight is 336 g/mol. The highest BCUT2D eigenvalue weighted by atomic mass is 16.1. The number of benzene rings is 1. The van der Waals surface area contributed by atoms with Crippen LogP contribution in [0.5, 0.6) is 0 Å². The third-order valence-electron chi connectivity index (χ3n) is 4.27. The largest absolute Gasteiger partial charge is 0.340 e. The molecular weight excluding hydrogens is 312 g/mol. The van der Waals surface area contributed by atoms with Gasteiger partial charge in [0.1, 0.15) is 11.5 Å². The molecule has 0 aliphatic rings. The predicted molar refractivity (Wildman–Crippen MR) is 99.4 cm³/mol. The second-order valence-corrected chi connectivity index (χ2v) is 6.83. The Morgan fingerprint density at radius 2 is 1.76 bits per heavy atom. The van der Waals surface area contributed by atoms with E-state index in [0.29, 0.717) is 5.69 Å². The van der Waals surface area contributed by atoms with Gasteiger partial charge in [-0.3, -0.25) is 9.78 Å². The molecule has 1 amide bonds. The number of nitrogens with one attached hydrogen (secondary N) is 1. The lowest BCUT2D eigenvalue weighted by molar-refractivity contribution is 0.0916. The minimum Gasteiger partial charge on any atom is -0.340 e. The molecule has 0 aliphatic heterocycles. The van der Waals surface area contributed by atoms with E-state index >= 15 is 0 Å². The van der Waals surface area contributed by atoms with Gasteiger partial charge < -0.3 is 9.88 Å². The standard InChI is InChI=1S/C20H24N4O/c1-13(2)18(23-20(25)16-10-7-8-12-21-16)19-22-15-9-5-6-11-17(15)24(19)14(3)4/h5-14,18H,1-4H3,(H,23,25)/t18-/m0/s1. The molecule has 5 heteroatoms. The first kappa shape index (κ1) is 17.1. The van der Waals surface area contributed by atoms with E-state index in [-0.39, 0.29) is 23.9 Å². The van der Waals surface area contributed by atoms with Gasteiger partial charge >= 0.3 is 0 Å². The fourth-order valence-electron chi connectivity index (χ4n) is 3.07. The van der Waals surface area contributed by atoms with E-state index in [4.69, 9.17) is 4.98 Å². The van der Waals surface area contributed by atoms with Crippen LogP contribution in [-0.2, 0) is 0 Å². The van der Waals surface area contributed by atoms with Crippen LogP contribution in [0.15, 0.2) is 48.7 Å². The molecule has 2 heterocycles. The minimum absolute atomic E-state index is 0.179. The van der Waals surface area contributed by atoms with Gasteiger partial charge in [0.25, 0.3) is 5.91 Å². The van der Waals surface area contributed by atoms with E-state index in [9.17, 15) is 4.79 Å². The number of carbonyl (C=O) groups excluding carboxylic acids is 1. The number of aromatic nitrogens is 3. The maximum atomic E-state index is 12.6. The number of hydrogen-bond acceptors (Lipinski definition) is 3. The van der Waals surface area contributed by atoms with Crippen LogP contribution < -0.4 is 5.32 Å². The van der Waals surface area contributed by atoms with Gasteiger partial charge in [0.2, 0.25) is 0 Å². The van der Waals surface area contributed by atoms with Gasteiger partial charge in [-0.15, -0.1) is 0 Å². The molecule has 3 aromatic rings. The topological polar surface area (TPSA) is 59.8 Å². The van der Waals surface area contributed by atoms with Gasteiger partial charge in [-0.05, 0) is 44.0 Å². The van der Waals surface area contributed by atoms with Crippen molar-refractivity contribution in [1.29, 1.82) is 0 Å². The van der Waals surface area contributed by atoms with Crippen molar-refractivity contribution in [2.75, 3.05) is 0 Å². The Morgan fingerprint density at radius 3 is 2.40 bits per heavy atom. The van der Waals surface area contributed by atoms with Crippen molar-refractivity contribution >= 4 is 16.9 Å². The number of pyridine rings is 1. The first-order valence-corrected chi connectivity index (χ1v) is 8.67. The van der Waals surface area contributed by atoms with Crippen molar-refractivity contribution in [1.82, 2.24) is 19.9 Å². The van der Waals surface area contributed by atoms with Crippen LogP contribution in [0.25, 0.3) is 11.0 Å². The fraction of sp³-hybridized carbons (Fsp3) is 0.350. The lowest BCUT2D eigenvalue weighted by Gasteiger charge is -2.24. The van der Waals surface area contributed by atoms with Gasteiger partial charge in [0, 0.05) is 12.2 Å². The molecule has 0 unspecified atom stereocenters. The zero-order chi connectivity index (χ0) is 18.0. The Hall–Kier alpha value is -2.69. The number of hydrogen-bond donors (Lipinski definition) is 1. The molecule has 0 radical (unpaired) electrons. The molecule has 1 aromatic carbocycles. The molecule has 0 aliphatic carbocycles. The van der Waals surface area contributed by atoms with E-state index in [1.807, 2.05) is 24.3 Å². The summed E-state index contributed by atoms with van der Waals surface area (Å²) in [6.45, 7) is 8.45. The second kappa shape index (κ2) is 7.05. The second-order valence-electron chi connectivity index (χ2n) is 6.83. The molecule has 0 saturated carbocycles. The number of rotatable bonds is 5. The van der Waals surface area contributed by atoms with Gasteiger partial charge in [0.05, 0.1) is 17.1 Å². The van der Waals surface area contributed by atoms with Crippen molar-refractivity contribution in [3.63, 3.8) is 0 Å². The number of nitrogens with zero attached hydrogens (tertiary/aromatic N) is 3. The maximum Gasteiger partial charge on any atom is 0.270 e. The first-order valence-electron chi connectivity index (χ1n) is 8.67. The summed E-state index contributed by atoms with van der Waals surface area (Å²) >= 11 is 0. The Bertz CT molecular complexity index is 868. The summed E-state index contributed by atoms with van der Waals surface area (Å²) in [7, 11) is 0. The van der Waals surface area contributed by atoms with Crippen LogP contribution in [0.3, 0.4) is 0 Å². The monoisotopic (exact) mass is 336 g/mol. The smallest absolute Gasteiger partial charge is 0.270 e. The number of carbonyl (C=O) groups is 1. The van der Waals surface area contributed by atoms with E-state index in [2.05, 4.69) is 48.6 Å². The highest BCUT2D eigenvalue weighted by molar-refractivity contribution is 5.92. The summed E-state index contributed by atoms with van der Waals surface area (Å²) in [4.78, 5) is 21.6. The van der Waals surface area contributed by atoms with Crippen molar-refractivity contribution in [2.24, 2.45) is 5.92 Å². The van der Waals surface area contributed by atoms with E-state index in [0.717, 1.165) is 16.9 Å². The van der Waals surface area contributed by atoms with Crippen LogP contribution in [0.1, 0.15) is 56.1 Å². The minimum atomic E-state index is -0.190. The quantitative estimate of drug-likeness (QED) is 0.762. The van der Waals surface area contributed by atoms with Gasteiger partial charge in [-0.2, -0.15) is 0 Å². The van der Waals surface area contributed by atoms with Gasteiger partial charge in [-0.1, -0.05) is 32.0 Å². The Labute approximate surface area is 148 Å². The van der Waals surface area contributed by atoms with Gasteiger partial charge in [0.15, 0.2) is 0 Å². The number of amides is 1.